The molecule has 6 nitrogen and oxygen atoms in total. The van der Waals surface area contributed by atoms with Gasteiger partial charge in [-0.3, -0.25) is 9.69 Å². The van der Waals surface area contributed by atoms with Crippen LogP contribution < -0.4 is 5.32 Å². The molecule has 2 amide bonds. The molecule has 1 aromatic heterocycles. The van der Waals surface area contributed by atoms with Crippen LogP contribution >= 0.6 is 11.3 Å². The Balaban J connectivity index is 1.56. The number of nitrogens with zero attached hydrogens (tertiary/aromatic N) is 2. The van der Waals surface area contributed by atoms with Crippen LogP contribution in [-0.2, 0) is 9.53 Å². The number of nitrogens with one attached hydrogen (secondary N) is 1. The molecule has 0 unspecified atom stereocenters. The second-order valence-corrected chi connectivity index (χ2v) is 9.18. The lowest BCUT2D eigenvalue weighted by Crippen LogP contribution is -2.47. The summed E-state index contributed by atoms with van der Waals surface area (Å²) < 4.78 is 5.44. The van der Waals surface area contributed by atoms with E-state index in [2.05, 4.69) is 28.5 Å². The highest BCUT2D eigenvalue weighted by Crippen LogP contribution is 2.26. The third-order valence-corrected chi connectivity index (χ3v) is 5.83. The molecule has 2 aliphatic rings. The van der Waals surface area contributed by atoms with Crippen molar-refractivity contribution in [2.45, 2.75) is 58.6 Å². The van der Waals surface area contributed by atoms with Crippen molar-refractivity contribution in [2.24, 2.45) is 0 Å². The van der Waals surface area contributed by atoms with E-state index in [9.17, 15) is 9.59 Å². The standard InChI is InChI=1S/C22H29N3O3S/c1-15-19(29-14-24-15)17-8-5-7-16(10-11-17)13-23-20(26)18-9-6-12-25(18)21(27)28-22(2,3)4/h7-8,10-11,14,18H,5-6,9,12-13H2,1-4H3,(H,23,26)/t18-/m0/s1. The van der Waals surface area contributed by atoms with Crippen LogP contribution in [-0.4, -0.2) is 46.6 Å². The molecule has 7 heteroatoms. The number of likely N-dealkylation sites (tertiary alicyclic amines) is 1. The summed E-state index contributed by atoms with van der Waals surface area (Å²) in [7, 11) is 0. The zero-order valence-corrected chi connectivity index (χ0v) is 18.3. The summed E-state index contributed by atoms with van der Waals surface area (Å²) in [6.07, 6.45) is 10.3. The minimum Gasteiger partial charge on any atom is -0.444 e. The lowest BCUT2D eigenvalue weighted by molar-refractivity contribution is -0.125. The second kappa shape index (κ2) is 8.95. The molecule has 0 bridgehead atoms. The molecule has 0 spiro atoms. The van der Waals surface area contributed by atoms with Crippen molar-refractivity contribution in [2.75, 3.05) is 13.1 Å². The van der Waals surface area contributed by atoms with Crippen molar-refractivity contribution < 1.29 is 14.3 Å². The number of aromatic nitrogens is 1. The van der Waals surface area contributed by atoms with E-state index in [1.54, 1.807) is 16.2 Å². The minimum atomic E-state index is -0.572. The van der Waals surface area contributed by atoms with E-state index in [0.29, 0.717) is 19.5 Å². The normalized spacial score (nSPS) is 19.4. The van der Waals surface area contributed by atoms with E-state index in [0.717, 1.165) is 29.7 Å². The monoisotopic (exact) mass is 415 g/mol. The number of thiazole rings is 1. The van der Waals surface area contributed by atoms with Crippen molar-refractivity contribution in [3.8, 4) is 0 Å². The summed E-state index contributed by atoms with van der Waals surface area (Å²) in [5, 5.41) is 2.99. The molecule has 1 aliphatic heterocycles. The predicted molar refractivity (Wildman–Crippen MR) is 116 cm³/mol. The Morgan fingerprint density at radius 2 is 2.10 bits per heavy atom. The second-order valence-electron chi connectivity index (χ2n) is 8.32. The first-order chi connectivity index (χ1) is 13.7. The fraction of sp³-hybridized carbons (Fsp3) is 0.500. The van der Waals surface area contributed by atoms with Crippen molar-refractivity contribution in [1.82, 2.24) is 15.2 Å². The van der Waals surface area contributed by atoms with Gasteiger partial charge in [-0.2, -0.15) is 0 Å². The van der Waals surface area contributed by atoms with Crippen LogP contribution in [0, 0.1) is 6.92 Å². The topological polar surface area (TPSA) is 71.5 Å². The summed E-state index contributed by atoms with van der Waals surface area (Å²) in [4.78, 5) is 32.2. The Morgan fingerprint density at radius 1 is 1.31 bits per heavy atom. The number of rotatable bonds is 4. The quantitative estimate of drug-likeness (QED) is 0.799. The van der Waals surface area contributed by atoms with Crippen molar-refractivity contribution in [3.63, 3.8) is 0 Å². The first-order valence-corrected chi connectivity index (χ1v) is 10.9. The summed E-state index contributed by atoms with van der Waals surface area (Å²) >= 11 is 1.64. The zero-order valence-electron chi connectivity index (χ0n) is 17.5. The molecule has 29 heavy (non-hydrogen) atoms. The van der Waals surface area contributed by atoms with Gasteiger partial charge in [0.05, 0.1) is 16.1 Å². The van der Waals surface area contributed by atoms with E-state index in [-0.39, 0.29) is 5.91 Å². The van der Waals surface area contributed by atoms with Crippen molar-refractivity contribution in [3.05, 3.63) is 46.0 Å². The van der Waals surface area contributed by atoms with E-state index < -0.39 is 17.7 Å². The van der Waals surface area contributed by atoms with Gasteiger partial charge in [-0.05, 0) is 58.1 Å². The lowest BCUT2D eigenvalue weighted by atomic mass is 10.1. The van der Waals surface area contributed by atoms with Crippen LogP contribution in [0.25, 0.3) is 5.57 Å². The SMILES string of the molecule is Cc1ncsc1C1=CCC=C(CNC(=O)[C@@H]2CCCN2C(=O)OC(C)(C)C)C=C1. The highest BCUT2D eigenvalue weighted by Gasteiger charge is 2.36. The van der Waals surface area contributed by atoms with Crippen LogP contribution in [0.15, 0.2) is 35.4 Å². The van der Waals surface area contributed by atoms with Crippen molar-refractivity contribution >= 4 is 28.9 Å². The molecule has 1 fully saturated rings. The van der Waals surface area contributed by atoms with Crippen LogP contribution in [0.2, 0.25) is 0 Å². The maximum Gasteiger partial charge on any atom is 0.410 e. The molecule has 2 heterocycles. The Hall–Kier alpha value is -2.41. The molecule has 1 N–H and O–H groups in total. The Morgan fingerprint density at radius 3 is 2.79 bits per heavy atom. The predicted octanol–water partition coefficient (Wildman–Crippen LogP) is 4.24. The van der Waals surface area contributed by atoms with E-state index in [4.69, 9.17) is 4.74 Å². The molecule has 3 rings (SSSR count). The first kappa shape index (κ1) is 21.3. The van der Waals surface area contributed by atoms with Gasteiger partial charge in [0.1, 0.15) is 11.6 Å². The van der Waals surface area contributed by atoms with Gasteiger partial charge in [-0.25, -0.2) is 9.78 Å². The van der Waals surface area contributed by atoms with E-state index >= 15 is 0 Å². The van der Waals surface area contributed by atoms with Gasteiger partial charge in [0.25, 0.3) is 0 Å². The van der Waals surface area contributed by atoms with Gasteiger partial charge in [0, 0.05) is 13.1 Å². The van der Waals surface area contributed by atoms with Gasteiger partial charge in [0.2, 0.25) is 5.91 Å². The highest BCUT2D eigenvalue weighted by molar-refractivity contribution is 7.11. The number of carbonyl (C=O) groups is 2. The van der Waals surface area contributed by atoms with Crippen LogP contribution in [0.5, 0.6) is 0 Å². The zero-order chi connectivity index (χ0) is 21.0. The fourth-order valence-corrected chi connectivity index (χ4v) is 4.26. The van der Waals surface area contributed by atoms with Gasteiger partial charge < -0.3 is 10.1 Å². The van der Waals surface area contributed by atoms with Gasteiger partial charge in [-0.15, -0.1) is 11.3 Å². The minimum absolute atomic E-state index is 0.126. The van der Waals surface area contributed by atoms with Gasteiger partial charge in [0.15, 0.2) is 0 Å². The Labute approximate surface area is 176 Å². The van der Waals surface area contributed by atoms with Crippen molar-refractivity contribution in [1.29, 1.82) is 0 Å². The third-order valence-electron chi connectivity index (χ3n) is 4.85. The fourth-order valence-electron chi connectivity index (χ4n) is 3.43. The molecule has 0 aromatic carbocycles. The molecule has 156 valence electrons. The largest absolute Gasteiger partial charge is 0.444 e. The number of hydrogen-bond acceptors (Lipinski definition) is 5. The Bertz CT molecular complexity index is 861. The van der Waals surface area contributed by atoms with Crippen LogP contribution in [0.1, 0.15) is 50.6 Å². The average Bonchev–Trinajstić information content (AvgIpc) is 3.23. The maximum atomic E-state index is 12.7. The molecule has 1 aromatic rings. The average molecular weight is 416 g/mol. The number of ether oxygens (including phenoxy) is 1. The maximum absolute atomic E-state index is 12.7. The summed E-state index contributed by atoms with van der Waals surface area (Å²) in [6.45, 7) is 8.50. The van der Waals surface area contributed by atoms with Gasteiger partial charge in [-0.1, -0.05) is 24.3 Å². The number of amides is 2. The molecular weight excluding hydrogens is 386 g/mol. The number of aryl methyl sites for hydroxylation is 1. The molecule has 0 saturated carbocycles. The summed E-state index contributed by atoms with van der Waals surface area (Å²) in [6, 6.07) is -0.464. The van der Waals surface area contributed by atoms with Crippen LogP contribution in [0.3, 0.4) is 0 Å². The van der Waals surface area contributed by atoms with Crippen LogP contribution in [0.4, 0.5) is 4.79 Å². The first-order valence-electron chi connectivity index (χ1n) is 9.99. The number of allylic oxidation sites excluding steroid dienone is 4. The highest BCUT2D eigenvalue weighted by atomic mass is 32.1. The molecule has 1 atom stereocenters. The molecular formula is C22H29N3O3S. The Kier molecular flexibility index (Phi) is 6.57. The van der Waals surface area contributed by atoms with E-state index in [1.807, 2.05) is 39.3 Å². The van der Waals surface area contributed by atoms with E-state index in [1.165, 1.54) is 4.88 Å². The number of hydrogen-bond donors (Lipinski definition) is 1. The third kappa shape index (κ3) is 5.56. The van der Waals surface area contributed by atoms with Gasteiger partial charge >= 0.3 is 6.09 Å². The summed E-state index contributed by atoms with van der Waals surface area (Å²) in [5.41, 5.74) is 4.53. The molecule has 1 aliphatic carbocycles. The number of carbonyl (C=O) groups excluding carboxylic acids is 2. The summed E-state index contributed by atoms with van der Waals surface area (Å²) in [5.74, 6) is -0.126. The molecule has 0 radical (unpaired) electrons. The molecule has 1 saturated heterocycles. The lowest BCUT2D eigenvalue weighted by Gasteiger charge is -2.28. The smallest absolute Gasteiger partial charge is 0.410 e.